The predicted molar refractivity (Wildman–Crippen MR) is 70.9 cm³/mol. The van der Waals surface area contributed by atoms with Crippen LogP contribution in [0.15, 0.2) is 24.3 Å². The lowest BCUT2D eigenvalue weighted by atomic mass is 10.0. The molecule has 94 valence electrons. The minimum Gasteiger partial charge on any atom is -0.352 e. The number of carbonyl (C=O) groups is 1. The molecule has 1 rings (SSSR count). The summed E-state index contributed by atoms with van der Waals surface area (Å²) in [4.78, 5) is 11.7. The van der Waals surface area contributed by atoms with E-state index >= 15 is 0 Å². The first kappa shape index (κ1) is 14.2. The summed E-state index contributed by atoms with van der Waals surface area (Å²) in [5, 5.41) is 3.69. The van der Waals surface area contributed by atoms with Gasteiger partial charge in [0.15, 0.2) is 0 Å². The Labute approximate surface area is 110 Å². The van der Waals surface area contributed by atoms with Crippen molar-refractivity contribution in [1.82, 2.24) is 5.32 Å². The number of hydrogen-bond donors (Lipinski definition) is 1. The van der Waals surface area contributed by atoms with Gasteiger partial charge < -0.3 is 5.32 Å². The first-order chi connectivity index (χ1) is 8.19. The zero-order valence-electron chi connectivity index (χ0n) is 9.88. The van der Waals surface area contributed by atoms with E-state index < -0.39 is 5.82 Å². The molecule has 1 amide bonds. The van der Waals surface area contributed by atoms with Crippen molar-refractivity contribution in [2.75, 3.05) is 11.9 Å². The summed E-state index contributed by atoms with van der Waals surface area (Å²) in [5.74, 6) is -0.375. The first-order valence-electron chi connectivity index (χ1n) is 5.77. The Hall–Kier alpha value is -0.900. The van der Waals surface area contributed by atoms with E-state index in [2.05, 4.69) is 28.2 Å². The third-order valence-corrected chi connectivity index (χ3v) is 3.22. The topological polar surface area (TPSA) is 29.1 Å². The SMILES string of the molecule is CCC(CCBr)CNC(=O)c1ccccc1F. The third kappa shape index (κ3) is 4.46. The normalized spacial score (nSPS) is 12.2. The van der Waals surface area contributed by atoms with Crippen LogP contribution in [0.1, 0.15) is 30.1 Å². The van der Waals surface area contributed by atoms with Gasteiger partial charge >= 0.3 is 0 Å². The first-order valence-corrected chi connectivity index (χ1v) is 6.89. The molecule has 1 aromatic rings. The standard InChI is InChI=1S/C13H17BrFNO/c1-2-10(7-8-14)9-16-13(17)11-5-3-4-6-12(11)15/h3-6,10H,2,7-9H2,1H3,(H,16,17). The van der Waals surface area contributed by atoms with Gasteiger partial charge in [-0.25, -0.2) is 4.39 Å². The molecule has 1 unspecified atom stereocenters. The molecule has 4 heteroatoms. The highest BCUT2D eigenvalue weighted by Crippen LogP contribution is 2.10. The van der Waals surface area contributed by atoms with Crippen LogP contribution in [0.25, 0.3) is 0 Å². The van der Waals surface area contributed by atoms with E-state index in [0.717, 1.165) is 18.2 Å². The fraction of sp³-hybridized carbons (Fsp3) is 0.462. The Bertz CT molecular complexity index is 370. The molecule has 0 fully saturated rings. The molecular weight excluding hydrogens is 285 g/mol. The number of nitrogens with one attached hydrogen (secondary N) is 1. The van der Waals surface area contributed by atoms with Crippen LogP contribution in [-0.4, -0.2) is 17.8 Å². The van der Waals surface area contributed by atoms with Gasteiger partial charge in [0.25, 0.3) is 5.91 Å². The molecule has 0 heterocycles. The molecular formula is C13H17BrFNO. The second-order valence-corrected chi connectivity index (χ2v) is 4.73. The maximum Gasteiger partial charge on any atom is 0.254 e. The number of rotatable bonds is 6. The molecule has 0 saturated carbocycles. The van der Waals surface area contributed by atoms with E-state index in [1.54, 1.807) is 12.1 Å². The molecule has 0 aromatic heterocycles. The highest BCUT2D eigenvalue weighted by molar-refractivity contribution is 9.09. The Balaban J connectivity index is 2.52. The average molecular weight is 302 g/mol. The van der Waals surface area contributed by atoms with E-state index in [4.69, 9.17) is 0 Å². The smallest absolute Gasteiger partial charge is 0.254 e. The summed E-state index contributed by atoms with van der Waals surface area (Å²) < 4.78 is 13.3. The largest absolute Gasteiger partial charge is 0.352 e. The fourth-order valence-corrected chi connectivity index (χ4v) is 2.23. The Kier molecular flexibility index (Phi) is 6.19. The van der Waals surface area contributed by atoms with Crippen LogP contribution >= 0.6 is 15.9 Å². The number of carbonyl (C=O) groups excluding carboxylic acids is 1. The van der Waals surface area contributed by atoms with Crippen LogP contribution in [0, 0.1) is 11.7 Å². The van der Waals surface area contributed by atoms with Crippen LogP contribution in [0.2, 0.25) is 0 Å². The van der Waals surface area contributed by atoms with Crippen molar-refractivity contribution in [2.45, 2.75) is 19.8 Å². The van der Waals surface area contributed by atoms with E-state index in [1.165, 1.54) is 12.1 Å². The molecule has 1 atom stereocenters. The average Bonchev–Trinajstić information content (AvgIpc) is 2.34. The van der Waals surface area contributed by atoms with Crippen LogP contribution < -0.4 is 5.32 Å². The lowest BCUT2D eigenvalue weighted by Gasteiger charge is -2.14. The van der Waals surface area contributed by atoms with Crippen molar-refractivity contribution in [2.24, 2.45) is 5.92 Å². The number of alkyl halides is 1. The van der Waals surface area contributed by atoms with Gasteiger partial charge in [0.1, 0.15) is 5.82 Å². The third-order valence-electron chi connectivity index (χ3n) is 2.76. The van der Waals surface area contributed by atoms with Crippen LogP contribution in [0.4, 0.5) is 4.39 Å². The highest BCUT2D eigenvalue weighted by Gasteiger charge is 2.12. The van der Waals surface area contributed by atoms with Gasteiger partial charge in [-0.2, -0.15) is 0 Å². The lowest BCUT2D eigenvalue weighted by Crippen LogP contribution is -2.29. The maximum absolute atomic E-state index is 13.3. The molecule has 0 radical (unpaired) electrons. The van der Waals surface area contributed by atoms with Gasteiger partial charge in [0, 0.05) is 11.9 Å². The molecule has 0 aliphatic rings. The number of hydrogen-bond acceptors (Lipinski definition) is 1. The Morgan fingerprint density at radius 2 is 2.18 bits per heavy atom. The molecule has 0 aliphatic heterocycles. The van der Waals surface area contributed by atoms with Crippen molar-refractivity contribution in [3.05, 3.63) is 35.6 Å². The minimum atomic E-state index is -0.474. The van der Waals surface area contributed by atoms with Crippen molar-refractivity contribution >= 4 is 21.8 Å². The quantitative estimate of drug-likeness (QED) is 0.802. The van der Waals surface area contributed by atoms with Crippen molar-refractivity contribution in [1.29, 1.82) is 0 Å². The summed E-state index contributed by atoms with van der Waals surface area (Å²) in [6.45, 7) is 2.68. The molecule has 1 N–H and O–H groups in total. The molecule has 0 aliphatic carbocycles. The van der Waals surface area contributed by atoms with Crippen LogP contribution in [0.3, 0.4) is 0 Å². The number of halogens is 2. The van der Waals surface area contributed by atoms with Gasteiger partial charge in [0.2, 0.25) is 0 Å². The van der Waals surface area contributed by atoms with Crippen LogP contribution in [0.5, 0.6) is 0 Å². The summed E-state index contributed by atoms with van der Waals surface area (Å²) in [5.41, 5.74) is 0.112. The Morgan fingerprint density at radius 1 is 1.47 bits per heavy atom. The van der Waals surface area contributed by atoms with Gasteiger partial charge in [-0.15, -0.1) is 0 Å². The zero-order valence-corrected chi connectivity index (χ0v) is 11.5. The number of amides is 1. The Morgan fingerprint density at radius 3 is 2.76 bits per heavy atom. The van der Waals surface area contributed by atoms with Crippen molar-refractivity contribution in [3.8, 4) is 0 Å². The van der Waals surface area contributed by atoms with E-state index in [-0.39, 0.29) is 11.5 Å². The number of benzene rings is 1. The lowest BCUT2D eigenvalue weighted by molar-refractivity contribution is 0.0942. The fourth-order valence-electron chi connectivity index (χ4n) is 1.58. The van der Waals surface area contributed by atoms with Gasteiger partial charge in [0.05, 0.1) is 5.56 Å². The molecule has 0 saturated heterocycles. The monoisotopic (exact) mass is 301 g/mol. The summed E-state index contributed by atoms with van der Waals surface area (Å²) in [7, 11) is 0. The summed E-state index contributed by atoms with van der Waals surface area (Å²) in [6.07, 6.45) is 2.01. The van der Waals surface area contributed by atoms with E-state index in [9.17, 15) is 9.18 Å². The molecule has 1 aromatic carbocycles. The molecule has 0 spiro atoms. The minimum absolute atomic E-state index is 0.112. The molecule has 2 nitrogen and oxygen atoms in total. The highest BCUT2D eigenvalue weighted by atomic mass is 79.9. The van der Waals surface area contributed by atoms with Gasteiger partial charge in [-0.3, -0.25) is 4.79 Å². The van der Waals surface area contributed by atoms with Crippen LogP contribution in [-0.2, 0) is 0 Å². The zero-order chi connectivity index (χ0) is 12.7. The maximum atomic E-state index is 13.3. The van der Waals surface area contributed by atoms with Gasteiger partial charge in [-0.1, -0.05) is 41.4 Å². The van der Waals surface area contributed by atoms with Crippen molar-refractivity contribution < 1.29 is 9.18 Å². The van der Waals surface area contributed by atoms with Crippen molar-refractivity contribution in [3.63, 3.8) is 0 Å². The predicted octanol–water partition coefficient (Wildman–Crippen LogP) is 3.37. The van der Waals surface area contributed by atoms with E-state index in [1.807, 2.05) is 0 Å². The second kappa shape index (κ2) is 7.43. The summed E-state index contributed by atoms with van der Waals surface area (Å²) in [6, 6.07) is 6.03. The van der Waals surface area contributed by atoms with Gasteiger partial charge in [-0.05, 0) is 24.5 Å². The molecule has 0 bridgehead atoms. The second-order valence-electron chi connectivity index (χ2n) is 3.94. The molecule has 17 heavy (non-hydrogen) atoms. The van der Waals surface area contributed by atoms with E-state index in [0.29, 0.717) is 12.5 Å². The summed E-state index contributed by atoms with van der Waals surface area (Å²) >= 11 is 3.38.